The number of rotatable bonds is 4. The van der Waals surface area contributed by atoms with Crippen LogP contribution in [0.4, 0.5) is 0 Å². The highest BCUT2D eigenvalue weighted by Gasteiger charge is 2.19. The zero-order chi connectivity index (χ0) is 33.1. The maximum absolute atomic E-state index is 12.1. The van der Waals surface area contributed by atoms with E-state index in [0.717, 1.165) is 31.5 Å². The molecule has 0 bridgehead atoms. The number of ether oxygens (including phenoxy) is 1. The van der Waals surface area contributed by atoms with E-state index < -0.39 is 0 Å². The Hall–Kier alpha value is -3.93. The number of carbonyl (C=O) groups excluding carboxylic acids is 3. The maximum atomic E-state index is 12.1. The van der Waals surface area contributed by atoms with Crippen molar-refractivity contribution in [1.29, 1.82) is 0 Å². The molecule has 1 saturated heterocycles. The molecular formula is C38H52N2O4. The first-order valence-corrected chi connectivity index (χ1v) is 15.5. The molecule has 3 aromatic rings. The van der Waals surface area contributed by atoms with Crippen molar-refractivity contribution in [3.8, 4) is 0 Å². The van der Waals surface area contributed by atoms with Crippen molar-refractivity contribution < 1.29 is 19.1 Å². The van der Waals surface area contributed by atoms with E-state index in [4.69, 9.17) is 0 Å². The Balaban J connectivity index is 0.000000231. The number of nitrogens with zero attached hydrogens (tertiary/aromatic N) is 1. The maximum Gasteiger partial charge on any atom is 0.337 e. The molecule has 6 heteroatoms. The predicted molar refractivity (Wildman–Crippen MR) is 181 cm³/mol. The van der Waals surface area contributed by atoms with Gasteiger partial charge in [-0.3, -0.25) is 9.59 Å². The van der Waals surface area contributed by atoms with Crippen molar-refractivity contribution in [1.82, 2.24) is 10.2 Å². The van der Waals surface area contributed by atoms with Crippen LogP contribution < -0.4 is 5.32 Å². The first-order valence-electron chi connectivity index (χ1n) is 15.5. The molecule has 0 aliphatic carbocycles. The topological polar surface area (TPSA) is 75.7 Å². The van der Waals surface area contributed by atoms with Gasteiger partial charge in [0.15, 0.2) is 0 Å². The van der Waals surface area contributed by atoms with Crippen LogP contribution in [0, 0.1) is 0 Å². The van der Waals surface area contributed by atoms with Gasteiger partial charge < -0.3 is 15.0 Å². The highest BCUT2D eigenvalue weighted by Crippen LogP contribution is 2.23. The van der Waals surface area contributed by atoms with Gasteiger partial charge in [-0.15, -0.1) is 0 Å². The Labute approximate surface area is 265 Å². The molecule has 238 valence electrons. The molecule has 2 amide bonds. The fourth-order valence-electron chi connectivity index (χ4n) is 4.60. The lowest BCUT2D eigenvalue weighted by Crippen LogP contribution is -2.27. The number of nitrogens with one attached hydrogen (secondary N) is 1. The van der Waals surface area contributed by atoms with Crippen LogP contribution in [0.1, 0.15) is 122 Å². The fraction of sp³-hybridized carbons (Fsp3) is 0.447. The van der Waals surface area contributed by atoms with E-state index >= 15 is 0 Å². The molecule has 4 rings (SSSR count). The Kier molecular flexibility index (Phi) is 13.4. The normalized spacial score (nSPS) is 12.8. The minimum Gasteiger partial charge on any atom is -0.465 e. The van der Waals surface area contributed by atoms with Crippen LogP contribution in [0.3, 0.4) is 0 Å². The average Bonchev–Trinajstić information content (AvgIpc) is 3.55. The van der Waals surface area contributed by atoms with Gasteiger partial charge >= 0.3 is 5.97 Å². The van der Waals surface area contributed by atoms with Crippen molar-refractivity contribution in [2.24, 2.45) is 0 Å². The fourth-order valence-corrected chi connectivity index (χ4v) is 4.60. The highest BCUT2D eigenvalue weighted by molar-refractivity contribution is 5.94. The van der Waals surface area contributed by atoms with Gasteiger partial charge in [0.05, 0.1) is 12.7 Å². The molecule has 0 aromatic heterocycles. The number of carbonyl (C=O) groups is 3. The van der Waals surface area contributed by atoms with E-state index in [9.17, 15) is 14.4 Å². The van der Waals surface area contributed by atoms with E-state index in [2.05, 4.69) is 77.6 Å². The lowest BCUT2D eigenvalue weighted by Gasteiger charge is -2.18. The molecule has 6 nitrogen and oxygen atoms in total. The predicted octanol–water partition coefficient (Wildman–Crippen LogP) is 8.16. The van der Waals surface area contributed by atoms with E-state index in [-0.39, 0.29) is 28.6 Å². The molecule has 0 radical (unpaired) electrons. The minimum absolute atomic E-state index is 0.0366. The van der Waals surface area contributed by atoms with Gasteiger partial charge in [0, 0.05) is 31.3 Å². The smallest absolute Gasteiger partial charge is 0.337 e. The Morgan fingerprint density at radius 2 is 1.09 bits per heavy atom. The first kappa shape index (κ1) is 36.3. The van der Waals surface area contributed by atoms with Crippen molar-refractivity contribution in [2.45, 2.75) is 85.0 Å². The number of methoxy groups -OCH3 is 1. The second-order valence-corrected chi connectivity index (χ2v) is 13.5. The highest BCUT2D eigenvalue weighted by atomic mass is 16.5. The average molecular weight is 601 g/mol. The van der Waals surface area contributed by atoms with E-state index in [1.54, 1.807) is 19.2 Å². The summed E-state index contributed by atoms with van der Waals surface area (Å²) >= 11 is 0. The lowest BCUT2D eigenvalue weighted by atomic mass is 9.87. The van der Waals surface area contributed by atoms with Crippen LogP contribution in [-0.4, -0.2) is 49.9 Å². The lowest BCUT2D eigenvalue weighted by molar-refractivity contribution is 0.0600. The number of amides is 2. The van der Waals surface area contributed by atoms with Crippen molar-refractivity contribution >= 4 is 17.8 Å². The molecular weight excluding hydrogens is 548 g/mol. The number of benzene rings is 3. The van der Waals surface area contributed by atoms with Gasteiger partial charge in [-0.05, 0) is 82.7 Å². The molecule has 1 heterocycles. The largest absolute Gasteiger partial charge is 0.465 e. The summed E-state index contributed by atoms with van der Waals surface area (Å²) in [5, 5.41) is 2.60. The molecule has 0 saturated carbocycles. The van der Waals surface area contributed by atoms with Crippen LogP contribution in [0.5, 0.6) is 0 Å². The number of hydrogen-bond acceptors (Lipinski definition) is 4. The molecule has 1 fully saturated rings. The number of likely N-dealkylation sites (tertiary alicyclic amines) is 1. The van der Waals surface area contributed by atoms with Gasteiger partial charge in [-0.25, -0.2) is 4.79 Å². The summed E-state index contributed by atoms with van der Waals surface area (Å²) in [6.07, 6.45) is 2.30. The van der Waals surface area contributed by atoms with Gasteiger partial charge in [-0.1, -0.05) is 91.8 Å². The third kappa shape index (κ3) is 11.0. The van der Waals surface area contributed by atoms with Crippen LogP contribution in [-0.2, 0) is 15.6 Å². The Bertz CT molecular complexity index is 1270. The standard InChI is InChI=1S/C14H19NO.C12H17NO.C12H16O2/c1-11(2)12-5-7-13(8-6-12)14(16)15-9-3-4-10-15;1-12(2,3)10-7-5-9(6-8-10)11(14)13-4;1-12(2,3)10-7-5-9(6-8-10)11(13)14-4/h5-8,11H,3-4,9-10H2,1-2H3;5-8H,1-4H3,(H,13,14);5-8H,1-4H3. The van der Waals surface area contributed by atoms with Crippen LogP contribution in [0.15, 0.2) is 72.8 Å². The van der Waals surface area contributed by atoms with Crippen molar-refractivity contribution in [2.75, 3.05) is 27.2 Å². The molecule has 0 spiro atoms. The van der Waals surface area contributed by atoms with Gasteiger partial charge in [0.25, 0.3) is 11.8 Å². The van der Waals surface area contributed by atoms with Gasteiger partial charge in [0.2, 0.25) is 0 Å². The molecule has 0 unspecified atom stereocenters. The number of esters is 1. The van der Waals surface area contributed by atoms with E-state index in [0.29, 0.717) is 17.0 Å². The summed E-state index contributed by atoms with van der Waals surface area (Å²) < 4.78 is 4.62. The van der Waals surface area contributed by atoms with Gasteiger partial charge in [0.1, 0.15) is 0 Å². The quantitative estimate of drug-likeness (QED) is 0.307. The summed E-state index contributed by atoms with van der Waals surface area (Å²) in [5.41, 5.74) is 6.14. The molecule has 44 heavy (non-hydrogen) atoms. The molecule has 0 atom stereocenters. The number of hydrogen-bond donors (Lipinski definition) is 1. The Morgan fingerprint density at radius 3 is 1.45 bits per heavy atom. The monoisotopic (exact) mass is 600 g/mol. The summed E-state index contributed by atoms with van der Waals surface area (Å²) in [6.45, 7) is 19.1. The van der Waals surface area contributed by atoms with Crippen LogP contribution in [0.25, 0.3) is 0 Å². The molecule has 1 N–H and O–H groups in total. The van der Waals surface area contributed by atoms with E-state index in [1.807, 2.05) is 53.4 Å². The first-order chi connectivity index (χ1) is 20.6. The van der Waals surface area contributed by atoms with Crippen molar-refractivity contribution in [3.63, 3.8) is 0 Å². The molecule has 1 aliphatic rings. The molecule has 3 aromatic carbocycles. The zero-order valence-electron chi connectivity index (χ0n) is 28.4. The van der Waals surface area contributed by atoms with Crippen LogP contribution in [0.2, 0.25) is 0 Å². The SMILES string of the molecule is CC(C)c1ccc(C(=O)N2CCCC2)cc1.CNC(=O)c1ccc(C(C)(C)C)cc1.COC(=O)c1ccc(C(C)(C)C)cc1. The minimum atomic E-state index is -0.287. The zero-order valence-corrected chi connectivity index (χ0v) is 28.4. The summed E-state index contributed by atoms with van der Waals surface area (Å²) in [5.74, 6) is 0.389. The third-order valence-corrected chi connectivity index (χ3v) is 7.63. The second kappa shape index (κ2) is 16.2. The van der Waals surface area contributed by atoms with Crippen LogP contribution >= 0.6 is 0 Å². The van der Waals surface area contributed by atoms with E-state index in [1.165, 1.54) is 23.8 Å². The second-order valence-electron chi connectivity index (χ2n) is 13.5. The van der Waals surface area contributed by atoms with Crippen molar-refractivity contribution in [3.05, 3.63) is 106 Å². The summed E-state index contributed by atoms with van der Waals surface area (Å²) in [6, 6.07) is 23.3. The van der Waals surface area contributed by atoms with Gasteiger partial charge in [-0.2, -0.15) is 0 Å². The third-order valence-electron chi connectivity index (χ3n) is 7.63. The Morgan fingerprint density at radius 1 is 0.682 bits per heavy atom. The summed E-state index contributed by atoms with van der Waals surface area (Å²) in [7, 11) is 3.03. The molecule has 1 aliphatic heterocycles. The summed E-state index contributed by atoms with van der Waals surface area (Å²) in [4.78, 5) is 36.4.